The zero-order chi connectivity index (χ0) is 15.4. The lowest BCUT2D eigenvalue weighted by Crippen LogP contribution is -2.54. The molecule has 1 saturated heterocycles. The number of carbonyl (C=O) groups is 1. The monoisotopic (exact) mass is 287 g/mol. The fourth-order valence-electron chi connectivity index (χ4n) is 2.56. The van der Waals surface area contributed by atoms with Gasteiger partial charge in [-0.2, -0.15) is 5.26 Å². The molecule has 1 fully saturated rings. The molecule has 1 aliphatic rings. The summed E-state index contributed by atoms with van der Waals surface area (Å²) in [4.78, 5) is 22.6. The van der Waals surface area contributed by atoms with Crippen LogP contribution >= 0.6 is 0 Å². The number of hydrogen-bond donors (Lipinski definition) is 0. The molecular weight excluding hydrogens is 266 g/mol. The minimum atomic E-state index is 0.115. The third kappa shape index (κ3) is 3.70. The van der Waals surface area contributed by atoms with E-state index in [4.69, 9.17) is 5.26 Å². The predicted octanol–water partition coefficient (Wildman–Crippen LogP) is 0.552. The van der Waals surface area contributed by atoms with Crippen molar-refractivity contribution in [2.24, 2.45) is 0 Å². The van der Waals surface area contributed by atoms with Gasteiger partial charge >= 0.3 is 0 Å². The molecular formula is C15H21N5O. The van der Waals surface area contributed by atoms with Gasteiger partial charge in [0.05, 0.1) is 12.1 Å². The highest BCUT2D eigenvalue weighted by atomic mass is 16.2. The lowest BCUT2D eigenvalue weighted by atomic mass is 10.2. The van der Waals surface area contributed by atoms with Crippen LogP contribution in [0, 0.1) is 11.3 Å². The van der Waals surface area contributed by atoms with E-state index in [9.17, 15) is 4.79 Å². The molecule has 0 saturated carbocycles. The molecule has 1 amide bonds. The van der Waals surface area contributed by atoms with E-state index in [-0.39, 0.29) is 11.9 Å². The van der Waals surface area contributed by atoms with E-state index in [2.05, 4.69) is 23.9 Å². The fraction of sp³-hybridized carbons (Fsp3) is 0.533. The topological polar surface area (TPSA) is 63.5 Å². The Hall–Kier alpha value is -2.13. The van der Waals surface area contributed by atoms with Gasteiger partial charge in [-0.05, 0) is 26.1 Å². The molecule has 0 N–H and O–H groups in total. The molecule has 0 aromatic carbocycles. The van der Waals surface area contributed by atoms with Gasteiger partial charge in [-0.25, -0.2) is 4.98 Å². The molecule has 0 bridgehead atoms. The molecule has 2 rings (SSSR count). The van der Waals surface area contributed by atoms with Crippen molar-refractivity contribution in [1.82, 2.24) is 14.8 Å². The second kappa shape index (κ2) is 6.55. The number of carbonyl (C=O) groups excluding carboxylic acids is 1. The summed E-state index contributed by atoms with van der Waals surface area (Å²) >= 11 is 0. The van der Waals surface area contributed by atoms with E-state index in [1.807, 2.05) is 22.9 Å². The largest absolute Gasteiger partial charge is 0.350 e. The van der Waals surface area contributed by atoms with Crippen LogP contribution < -0.4 is 4.90 Å². The normalized spacial score (nSPS) is 19.1. The molecule has 2 heterocycles. The second-order valence-electron chi connectivity index (χ2n) is 5.57. The number of hydrogen-bond acceptors (Lipinski definition) is 5. The van der Waals surface area contributed by atoms with Crippen molar-refractivity contribution in [3.63, 3.8) is 0 Å². The van der Waals surface area contributed by atoms with Gasteiger partial charge in [-0.15, -0.1) is 0 Å². The average molecular weight is 287 g/mol. The number of aromatic nitrogens is 1. The van der Waals surface area contributed by atoms with Crippen LogP contribution in [0.4, 0.5) is 5.82 Å². The highest BCUT2D eigenvalue weighted by Gasteiger charge is 2.26. The maximum Gasteiger partial charge on any atom is 0.242 e. The Labute approximate surface area is 125 Å². The van der Waals surface area contributed by atoms with Gasteiger partial charge in [0, 0.05) is 38.9 Å². The molecule has 0 radical (unpaired) electrons. The summed E-state index contributed by atoms with van der Waals surface area (Å²) < 4.78 is 0. The Bertz CT molecular complexity index is 536. The number of anilines is 1. The van der Waals surface area contributed by atoms with Crippen molar-refractivity contribution in [2.75, 3.05) is 45.2 Å². The summed E-state index contributed by atoms with van der Waals surface area (Å²) in [5.41, 5.74) is 0.520. The number of rotatable bonds is 3. The van der Waals surface area contributed by atoms with Gasteiger partial charge in [0.2, 0.25) is 5.91 Å². The summed E-state index contributed by atoms with van der Waals surface area (Å²) in [6.07, 6.45) is 1.52. The fourth-order valence-corrected chi connectivity index (χ4v) is 2.56. The number of nitrogens with zero attached hydrogens (tertiary/aromatic N) is 5. The summed E-state index contributed by atoms with van der Waals surface area (Å²) in [5.74, 6) is 0.813. The Morgan fingerprint density at radius 1 is 1.52 bits per heavy atom. The zero-order valence-electron chi connectivity index (χ0n) is 12.8. The first-order valence-electron chi connectivity index (χ1n) is 7.06. The number of piperazine rings is 1. The molecule has 1 aromatic heterocycles. The Balaban J connectivity index is 1.96. The minimum Gasteiger partial charge on any atom is -0.350 e. The van der Waals surface area contributed by atoms with Crippen LogP contribution in [-0.2, 0) is 4.79 Å². The summed E-state index contributed by atoms with van der Waals surface area (Å²) in [5, 5.41) is 8.76. The number of pyridine rings is 1. The molecule has 1 atom stereocenters. The third-order valence-electron chi connectivity index (χ3n) is 3.79. The standard InChI is InChI=1S/C15H21N5O/c1-12-10-18(2)6-7-20(12)15(21)11-19(3)14-5-4-13(8-16)9-17-14/h4-5,9,12H,6-7,10-11H2,1-3H3. The molecule has 112 valence electrons. The predicted molar refractivity (Wildman–Crippen MR) is 80.9 cm³/mol. The van der Waals surface area contributed by atoms with Crippen LogP contribution in [0.1, 0.15) is 12.5 Å². The molecule has 21 heavy (non-hydrogen) atoms. The van der Waals surface area contributed by atoms with Gasteiger partial charge in [-0.3, -0.25) is 4.79 Å². The van der Waals surface area contributed by atoms with E-state index in [1.54, 1.807) is 12.1 Å². The van der Waals surface area contributed by atoms with E-state index in [1.165, 1.54) is 6.20 Å². The van der Waals surface area contributed by atoms with E-state index in [0.29, 0.717) is 17.9 Å². The van der Waals surface area contributed by atoms with Crippen LogP contribution in [0.25, 0.3) is 0 Å². The van der Waals surface area contributed by atoms with Gasteiger partial charge in [0.25, 0.3) is 0 Å². The molecule has 6 nitrogen and oxygen atoms in total. The first kappa shape index (κ1) is 15.3. The first-order valence-corrected chi connectivity index (χ1v) is 7.06. The van der Waals surface area contributed by atoms with Crippen LogP contribution in [0.5, 0.6) is 0 Å². The third-order valence-corrected chi connectivity index (χ3v) is 3.79. The van der Waals surface area contributed by atoms with Crippen LogP contribution in [0.3, 0.4) is 0 Å². The lowest BCUT2D eigenvalue weighted by Gasteiger charge is -2.39. The number of amides is 1. The van der Waals surface area contributed by atoms with Crippen LogP contribution in [0.15, 0.2) is 18.3 Å². The number of likely N-dealkylation sites (N-methyl/N-ethyl adjacent to an activating group) is 2. The van der Waals surface area contributed by atoms with E-state index >= 15 is 0 Å². The van der Waals surface area contributed by atoms with E-state index < -0.39 is 0 Å². The maximum atomic E-state index is 12.4. The molecule has 1 aliphatic heterocycles. The van der Waals surface area contributed by atoms with Crippen molar-refractivity contribution < 1.29 is 4.79 Å². The van der Waals surface area contributed by atoms with E-state index in [0.717, 1.165) is 19.6 Å². The van der Waals surface area contributed by atoms with Gasteiger partial charge in [-0.1, -0.05) is 0 Å². The summed E-state index contributed by atoms with van der Waals surface area (Å²) in [7, 11) is 3.91. The highest BCUT2D eigenvalue weighted by molar-refractivity contribution is 5.81. The Kier molecular flexibility index (Phi) is 4.76. The van der Waals surface area contributed by atoms with Crippen LogP contribution in [0.2, 0.25) is 0 Å². The molecule has 1 aromatic rings. The SMILES string of the molecule is CC1CN(C)CCN1C(=O)CN(C)c1ccc(C#N)cn1. The van der Waals surface area contributed by atoms with Crippen molar-refractivity contribution in [3.8, 4) is 6.07 Å². The second-order valence-corrected chi connectivity index (χ2v) is 5.57. The van der Waals surface area contributed by atoms with Gasteiger partial charge in [0.15, 0.2) is 0 Å². The molecule has 0 aliphatic carbocycles. The van der Waals surface area contributed by atoms with Crippen molar-refractivity contribution in [3.05, 3.63) is 23.9 Å². The quantitative estimate of drug-likeness (QED) is 0.812. The first-order chi connectivity index (χ1) is 10.0. The van der Waals surface area contributed by atoms with Crippen molar-refractivity contribution in [2.45, 2.75) is 13.0 Å². The van der Waals surface area contributed by atoms with Gasteiger partial charge < -0.3 is 14.7 Å². The Morgan fingerprint density at radius 2 is 2.29 bits per heavy atom. The smallest absolute Gasteiger partial charge is 0.242 e. The molecule has 1 unspecified atom stereocenters. The van der Waals surface area contributed by atoms with Gasteiger partial charge in [0.1, 0.15) is 11.9 Å². The highest BCUT2D eigenvalue weighted by Crippen LogP contribution is 2.12. The molecule has 6 heteroatoms. The lowest BCUT2D eigenvalue weighted by molar-refractivity contribution is -0.133. The zero-order valence-corrected chi connectivity index (χ0v) is 12.8. The van der Waals surface area contributed by atoms with Crippen LogP contribution in [-0.4, -0.2) is 67.0 Å². The summed E-state index contributed by atoms with van der Waals surface area (Å²) in [6.45, 7) is 4.96. The van der Waals surface area contributed by atoms with Crippen molar-refractivity contribution >= 4 is 11.7 Å². The Morgan fingerprint density at radius 3 is 2.86 bits per heavy atom. The summed E-state index contributed by atoms with van der Waals surface area (Å²) in [6, 6.07) is 5.74. The number of nitriles is 1. The maximum absolute atomic E-state index is 12.4. The average Bonchev–Trinajstić information content (AvgIpc) is 2.47. The molecule has 0 spiro atoms. The minimum absolute atomic E-state index is 0.115. The van der Waals surface area contributed by atoms with Crippen molar-refractivity contribution in [1.29, 1.82) is 5.26 Å².